The van der Waals surface area contributed by atoms with Crippen molar-refractivity contribution in [2.45, 2.75) is 20.3 Å². The zero-order valence-electron chi connectivity index (χ0n) is 9.45. The van der Waals surface area contributed by atoms with Crippen LogP contribution in [0.3, 0.4) is 0 Å². The molecule has 3 heteroatoms. The SMILES string of the molecule is CC(C)Cc1c(O)c(=O)[nH]c2ccccc12. The van der Waals surface area contributed by atoms with Crippen LogP contribution in [0.5, 0.6) is 5.75 Å². The summed E-state index contributed by atoms with van der Waals surface area (Å²) >= 11 is 0. The van der Waals surface area contributed by atoms with Crippen LogP contribution in [0.15, 0.2) is 29.1 Å². The molecule has 0 saturated heterocycles. The first-order valence-corrected chi connectivity index (χ1v) is 5.42. The molecule has 2 rings (SSSR count). The van der Waals surface area contributed by atoms with Gasteiger partial charge < -0.3 is 10.1 Å². The highest BCUT2D eigenvalue weighted by molar-refractivity contribution is 5.83. The van der Waals surface area contributed by atoms with E-state index in [0.717, 1.165) is 16.5 Å². The standard InChI is InChI=1S/C13H15NO2/c1-8(2)7-10-9-5-3-4-6-11(9)14-13(16)12(10)15/h3-6,8,15H,7H2,1-2H3,(H,14,16). The van der Waals surface area contributed by atoms with Crippen molar-refractivity contribution in [3.8, 4) is 5.75 Å². The van der Waals surface area contributed by atoms with Crippen molar-refractivity contribution >= 4 is 10.9 Å². The normalized spacial score (nSPS) is 11.2. The van der Waals surface area contributed by atoms with Gasteiger partial charge in [-0.1, -0.05) is 32.0 Å². The van der Waals surface area contributed by atoms with Gasteiger partial charge in [-0.2, -0.15) is 0 Å². The first-order valence-electron chi connectivity index (χ1n) is 5.42. The van der Waals surface area contributed by atoms with Crippen LogP contribution < -0.4 is 5.56 Å². The zero-order valence-corrected chi connectivity index (χ0v) is 9.45. The maximum Gasteiger partial charge on any atom is 0.290 e. The second kappa shape index (κ2) is 4.00. The number of hydrogen-bond acceptors (Lipinski definition) is 2. The van der Waals surface area contributed by atoms with Gasteiger partial charge in [-0.3, -0.25) is 4.79 Å². The Morgan fingerprint density at radius 1 is 1.31 bits per heavy atom. The van der Waals surface area contributed by atoms with E-state index in [9.17, 15) is 9.90 Å². The zero-order chi connectivity index (χ0) is 11.7. The number of H-pyrrole nitrogens is 1. The molecule has 0 spiro atoms. The number of aromatic nitrogens is 1. The summed E-state index contributed by atoms with van der Waals surface area (Å²) in [4.78, 5) is 14.2. The van der Waals surface area contributed by atoms with Gasteiger partial charge in [0.25, 0.3) is 5.56 Å². The van der Waals surface area contributed by atoms with Crippen LogP contribution in [-0.2, 0) is 6.42 Å². The van der Waals surface area contributed by atoms with Crippen molar-refractivity contribution in [3.63, 3.8) is 0 Å². The van der Waals surface area contributed by atoms with Crippen molar-refractivity contribution in [2.75, 3.05) is 0 Å². The molecule has 0 fully saturated rings. The van der Waals surface area contributed by atoms with Crippen molar-refractivity contribution in [1.29, 1.82) is 0 Å². The van der Waals surface area contributed by atoms with Crippen LogP contribution in [0.25, 0.3) is 10.9 Å². The molecule has 0 bridgehead atoms. The molecule has 84 valence electrons. The van der Waals surface area contributed by atoms with E-state index in [4.69, 9.17) is 0 Å². The molecule has 0 saturated carbocycles. The maximum atomic E-state index is 11.5. The van der Waals surface area contributed by atoms with E-state index in [0.29, 0.717) is 12.3 Å². The molecule has 0 unspecified atom stereocenters. The summed E-state index contributed by atoms with van der Waals surface area (Å²) in [5, 5.41) is 10.7. The van der Waals surface area contributed by atoms with Gasteiger partial charge in [-0.25, -0.2) is 0 Å². The topological polar surface area (TPSA) is 53.1 Å². The second-order valence-corrected chi connectivity index (χ2v) is 4.42. The smallest absolute Gasteiger partial charge is 0.290 e. The summed E-state index contributed by atoms with van der Waals surface area (Å²) in [6, 6.07) is 7.54. The van der Waals surface area contributed by atoms with Gasteiger partial charge in [0.2, 0.25) is 0 Å². The first kappa shape index (κ1) is 10.7. The third kappa shape index (κ3) is 1.81. The van der Waals surface area contributed by atoms with Crippen molar-refractivity contribution < 1.29 is 5.11 Å². The Bertz CT molecular complexity index is 570. The predicted octanol–water partition coefficient (Wildman–Crippen LogP) is 2.43. The minimum absolute atomic E-state index is 0.146. The first-order chi connectivity index (χ1) is 7.59. The van der Waals surface area contributed by atoms with Gasteiger partial charge in [-0.05, 0) is 18.4 Å². The number of para-hydroxylation sites is 1. The highest BCUT2D eigenvalue weighted by Crippen LogP contribution is 2.24. The Balaban J connectivity index is 2.76. The van der Waals surface area contributed by atoms with E-state index in [2.05, 4.69) is 18.8 Å². The lowest BCUT2D eigenvalue weighted by atomic mass is 9.98. The molecule has 1 aromatic carbocycles. The minimum atomic E-state index is -0.408. The van der Waals surface area contributed by atoms with E-state index in [1.807, 2.05) is 24.3 Å². The van der Waals surface area contributed by atoms with Crippen molar-refractivity contribution in [1.82, 2.24) is 4.98 Å². The van der Waals surface area contributed by atoms with Gasteiger partial charge in [0.15, 0.2) is 5.75 Å². The Morgan fingerprint density at radius 2 is 2.00 bits per heavy atom. The van der Waals surface area contributed by atoms with Crippen LogP contribution >= 0.6 is 0 Å². The van der Waals surface area contributed by atoms with E-state index < -0.39 is 5.56 Å². The molecule has 0 radical (unpaired) electrons. The van der Waals surface area contributed by atoms with Crippen LogP contribution in [0, 0.1) is 5.92 Å². The molecule has 2 aromatic rings. The Labute approximate surface area is 93.7 Å². The van der Waals surface area contributed by atoms with Crippen LogP contribution in [0.1, 0.15) is 19.4 Å². The lowest BCUT2D eigenvalue weighted by Gasteiger charge is -2.10. The van der Waals surface area contributed by atoms with Gasteiger partial charge >= 0.3 is 0 Å². The lowest BCUT2D eigenvalue weighted by Crippen LogP contribution is -2.09. The molecule has 0 atom stereocenters. The second-order valence-electron chi connectivity index (χ2n) is 4.42. The summed E-state index contributed by atoms with van der Waals surface area (Å²) < 4.78 is 0. The summed E-state index contributed by atoms with van der Waals surface area (Å²) in [5.74, 6) is 0.253. The highest BCUT2D eigenvalue weighted by Gasteiger charge is 2.12. The van der Waals surface area contributed by atoms with Crippen molar-refractivity contribution in [3.05, 3.63) is 40.2 Å². The molecule has 16 heavy (non-hydrogen) atoms. The number of fused-ring (bicyclic) bond motifs is 1. The summed E-state index contributed by atoms with van der Waals surface area (Å²) in [6.07, 6.45) is 0.705. The minimum Gasteiger partial charge on any atom is -0.503 e. The number of nitrogens with one attached hydrogen (secondary N) is 1. The monoisotopic (exact) mass is 217 g/mol. The van der Waals surface area contributed by atoms with E-state index >= 15 is 0 Å². The molecular formula is C13H15NO2. The van der Waals surface area contributed by atoms with E-state index in [-0.39, 0.29) is 5.75 Å². The van der Waals surface area contributed by atoms with Gasteiger partial charge in [-0.15, -0.1) is 0 Å². The highest BCUT2D eigenvalue weighted by atomic mass is 16.3. The molecule has 1 heterocycles. The predicted molar refractivity (Wildman–Crippen MR) is 64.8 cm³/mol. The number of pyridine rings is 1. The molecule has 0 aliphatic rings. The molecule has 1 aromatic heterocycles. The molecular weight excluding hydrogens is 202 g/mol. The quantitative estimate of drug-likeness (QED) is 0.811. The molecule has 0 amide bonds. The fraction of sp³-hybridized carbons (Fsp3) is 0.308. The molecule has 0 aliphatic carbocycles. The third-order valence-corrected chi connectivity index (χ3v) is 2.61. The van der Waals surface area contributed by atoms with Gasteiger partial charge in [0.05, 0.1) is 0 Å². The Kier molecular flexibility index (Phi) is 2.69. The summed E-state index contributed by atoms with van der Waals surface area (Å²) in [7, 11) is 0. The molecule has 3 nitrogen and oxygen atoms in total. The Hall–Kier alpha value is -1.77. The fourth-order valence-electron chi connectivity index (χ4n) is 1.92. The summed E-state index contributed by atoms with van der Waals surface area (Å²) in [5.41, 5.74) is 1.12. The summed E-state index contributed by atoms with van der Waals surface area (Å²) in [6.45, 7) is 4.13. The fourth-order valence-corrected chi connectivity index (χ4v) is 1.92. The van der Waals surface area contributed by atoms with Gasteiger partial charge in [0.1, 0.15) is 0 Å². The average Bonchev–Trinajstić information content (AvgIpc) is 2.24. The molecule has 0 aliphatic heterocycles. The number of hydrogen-bond donors (Lipinski definition) is 2. The largest absolute Gasteiger partial charge is 0.503 e. The van der Waals surface area contributed by atoms with Gasteiger partial charge in [0, 0.05) is 16.5 Å². The number of aromatic hydroxyl groups is 1. The molecule has 2 N–H and O–H groups in total. The van der Waals surface area contributed by atoms with E-state index in [1.165, 1.54) is 0 Å². The van der Waals surface area contributed by atoms with Crippen LogP contribution in [0.2, 0.25) is 0 Å². The Morgan fingerprint density at radius 3 is 2.69 bits per heavy atom. The average molecular weight is 217 g/mol. The number of aromatic amines is 1. The van der Waals surface area contributed by atoms with E-state index in [1.54, 1.807) is 0 Å². The van der Waals surface area contributed by atoms with Crippen LogP contribution in [0.4, 0.5) is 0 Å². The van der Waals surface area contributed by atoms with Crippen LogP contribution in [-0.4, -0.2) is 10.1 Å². The lowest BCUT2D eigenvalue weighted by molar-refractivity contribution is 0.456. The number of benzene rings is 1. The van der Waals surface area contributed by atoms with Crippen molar-refractivity contribution in [2.24, 2.45) is 5.92 Å². The number of rotatable bonds is 2. The maximum absolute atomic E-state index is 11.5. The third-order valence-electron chi connectivity index (χ3n) is 2.61.